The van der Waals surface area contributed by atoms with Crippen molar-refractivity contribution < 1.29 is 15.0 Å². The van der Waals surface area contributed by atoms with Crippen molar-refractivity contribution in [3.63, 3.8) is 0 Å². The molecule has 0 aliphatic carbocycles. The molecule has 2 unspecified atom stereocenters. The van der Waals surface area contributed by atoms with E-state index in [1.54, 1.807) is 0 Å². The van der Waals surface area contributed by atoms with E-state index in [-0.39, 0.29) is 12.3 Å². The van der Waals surface area contributed by atoms with E-state index in [0.29, 0.717) is 6.54 Å². The molecule has 0 aromatic heterocycles. The standard InChI is InChI=1S/C8H15NO3/c1-9-3-2-6(4-8(11)12)7(10)5-9/h6-7,10H,2-5H2,1H3,(H,11,12). The Balaban J connectivity index is 2.39. The number of aliphatic hydroxyl groups excluding tert-OH is 1. The molecule has 1 aliphatic heterocycles. The summed E-state index contributed by atoms with van der Waals surface area (Å²) in [5.41, 5.74) is 0. The second-order valence-corrected chi connectivity index (χ2v) is 3.48. The summed E-state index contributed by atoms with van der Waals surface area (Å²) in [5.74, 6) is -0.873. The number of nitrogens with zero attached hydrogens (tertiary/aromatic N) is 1. The lowest BCUT2D eigenvalue weighted by Gasteiger charge is -2.32. The SMILES string of the molecule is CN1CCC(CC(=O)O)C(O)C1. The maximum Gasteiger partial charge on any atom is 0.303 e. The van der Waals surface area contributed by atoms with E-state index >= 15 is 0 Å². The number of likely N-dealkylation sites (tertiary alicyclic amines) is 1. The zero-order valence-electron chi connectivity index (χ0n) is 7.23. The van der Waals surface area contributed by atoms with E-state index in [0.717, 1.165) is 13.0 Å². The predicted octanol–water partition coefficient (Wildman–Crippen LogP) is -0.226. The molecule has 0 radical (unpaired) electrons. The molecule has 0 spiro atoms. The highest BCUT2D eigenvalue weighted by Crippen LogP contribution is 2.19. The molecule has 1 aliphatic rings. The molecule has 0 aromatic rings. The topological polar surface area (TPSA) is 60.8 Å². The van der Waals surface area contributed by atoms with E-state index < -0.39 is 12.1 Å². The van der Waals surface area contributed by atoms with E-state index in [2.05, 4.69) is 0 Å². The van der Waals surface area contributed by atoms with Crippen molar-refractivity contribution in [2.24, 2.45) is 5.92 Å². The van der Waals surface area contributed by atoms with Crippen LogP contribution in [0, 0.1) is 5.92 Å². The summed E-state index contributed by atoms with van der Waals surface area (Å²) in [5, 5.41) is 18.0. The number of aliphatic hydroxyl groups is 1. The second-order valence-electron chi connectivity index (χ2n) is 3.48. The first kappa shape index (κ1) is 9.48. The summed E-state index contributed by atoms with van der Waals surface area (Å²) in [6, 6.07) is 0. The minimum absolute atomic E-state index is 0.0568. The number of β-amino-alcohol motifs (C(OH)–C–C–N with tert-alkyl or cyclic N) is 1. The number of hydrogen-bond donors (Lipinski definition) is 2. The number of carbonyl (C=O) groups is 1. The van der Waals surface area contributed by atoms with Crippen LogP contribution in [0.1, 0.15) is 12.8 Å². The summed E-state index contributed by atoms with van der Waals surface area (Å²) < 4.78 is 0. The Bertz CT molecular complexity index is 172. The van der Waals surface area contributed by atoms with Crippen LogP contribution in [0.25, 0.3) is 0 Å². The normalized spacial score (nSPS) is 31.8. The van der Waals surface area contributed by atoms with Crippen molar-refractivity contribution in [2.75, 3.05) is 20.1 Å². The molecule has 70 valence electrons. The third-order valence-corrected chi connectivity index (χ3v) is 2.36. The monoisotopic (exact) mass is 173 g/mol. The van der Waals surface area contributed by atoms with Gasteiger partial charge in [-0.3, -0.25) is 4.79 Å². The number of carboxylic acid groups (broad SMARTS) is 1. The Hall–Kier alpha value is -0.610. The van der Waals surface area contributed by atoms with Crippen LogP contribution in [0.2, 0.25) is 0 Å². The van der Waals surface area contributed by atoms with Crippen molar-refractivity contribution in [3.05, 3.63) is 0 Å². The first-order valence-electron chi connectivity index (χ1n) is 4.18. The first-order chi connectivity index (χ1) is 5.59. The third kappa shape index (κ3) is 2.46. The van der Waals surface area contributed by atoms with Crippen LogP contribution in [0.5, 0.6) is 0 Å². The summed E-state index contributed by atoms with van der Waals surface area (Å²) in [6.07, 6.45) is 0.402. The second kappa shape index (κ2) is 3.87. The van der Waals surface area contributed by atoms with Crippen molar-refractivity contribution in [1.82, 2.24) is 4.90 Å². The Morgan fingerprint density at radius 2 is 2.33 bits per heavy atom. The maximum absolute atomic E-state index is 10.4. The molecular formula is C8H15NO3. The molecule has 4 nitrogen and oxygen atoms in total. The Morgan fingerprint density at radius 1 is 1.67 bits per heavy atom. The van der Waals surface area contributed by atoms with Gasteiger partial charge in [-0.2, -0.15) is 0 Å². The van der Waals surface area contributed by atoms with Gasteiger partial charge in [-0.25, -0.2) is 0 Å². The molecule has 0 saturated carbocycles. The lowest BCUT2D eigenvalue weighted by Crippen LogP contribution is -2.42. The van der Waals surface area contributed by atoms with E-state index in [4.69, 9.17) is 5.11 Å². The molecule has 1 heterocycles. The molecule has 1 saturated heterocycles. The quantitative estimate of drug-likeness (QED) is 0.605. The van der Waals surface area contributed by atoms with Crippen LogP contribution >= 0.6 is 0 Å². The number of piperidine rings is 1. The van der Waals surface area contributed by atoms with Crippen molar-refractivity contribution in [3.8, 4) is 0 Å². The minimum Gasteiger partial charge on any atom is -0.481 e. The summed E-state index contributed by atoms with van der Waals surface area (Å²) in [7, 11) is 1.93. The van der Waals surface area contributed by atoms with Gasteiger partial charge >= 0.3 is 5.97 Å². The van der Waals surface area contributed by atoms with E-state index in [1.807, 2.05) is 11.9 Å². The number of hydrogen-bond acceptors (Lipinski definition) is 3. The van der Waals surface area contributed by atoms with Gasteiger partial charge in [0.15, 0.2) is 0 Å². The van der Waals surface area contributed by atoms with E-state index in [1.165, 1.54) is 0 Å². The van der Waals surface area contributed by atoms with Gasteiger partial charge in [0.1, 0.15) is 0 Å². The van der Waals surface area contributed by atoms with Crippen molar-refractivity contribution in [1.29, 1.82) is 0 Å². The molecular weight excluding hydrogens is 158 g/mol. The molecule has 2 atom stereocenters. The fourth-order valence-corrected chi connectivity index (χ4v) is 1.60. The molecule has 0 aromatic carbocycles. The van der Waals surface area contributed by atoms with Crippen molar-refractivity contribution >= 4 is 5.97 Å². The number of carboxylic acids is 1. The maximum atomic E-state index is 10.4. The van der Waals surface area contributed by atoms with Gasteiger partial charge in [0.05, 0.1) is 12.5 Å². The smallest absolute Gasteiger partial charge is 0.303 e. The number of aliphatic carboxylic acids is 1. The van der Waals surface area contributed by atoms with Crippen LogP contribution in [0.4, 0.5) is 0 Å². The highest BCUT2D eigenvalue weighted by atomic mass is 16.4. The van der Waals surface area contributed by atoms with E-state index in [9.17, 15) is 9.90 Å². The van der Waals surface area contributed by atoms with Gasteiger partial charge in [-0.1, -0.05) is 0 Å². The average molecular weight is 173 g/mol. The molecule has 12 heavy (non-hydrogen) atoms. The van der Waals surface area contributed by atoms with Crippen LogP contribution in [-0.2, 0) is 4.79 Å². The zero-order valence-corrected chi connectivity index (χ0v) is 7.23. The van der Waals surface area contributed by atoms with Gasteiger partial charge in [0.2, 0.25) is 0 Å². The fraction of sp³-hybridized carbons (Fsp3) is 0.875. The van der Waals surface area contributed by atoms with Crippen LogP contribution in [0.15, 0.2) is 0 Å². The predicted molar refractivity (Wildman–Crippen MR) is 43.9 cm³/mol. The Morgan fingerprint density at radius 3 is 2.83 bits per heavy atom. The highest BCUT2D eigenvalue weighted by Gasteiger charge is 2.27. The molecule has 2 N–H and O–H groups in total. The minimum atomic E-state index is -0.816. The van der Waals surface area contributed by atoms with Crippen LogP contribution in [0.3, 0.4) is 0 Å². The fourth-order valence-electron chi connectivity index (χ4n) is 1.60. The largest absolute Gasteiger partial charge is 0.481 e. The Labute approximate surface area is 71.8 Å². The summed E-state index contributed by atoms with van der Waals surface area (Å²) >= 11 is 0. The lowest BCUT2D eigenvalue weighted by atomic mass is 9.91. The zero-order chi connectivity index (χ0) is 9.14. The van der Waals surface area contributed by atoms with Crippen LogP contribution in [-0.4, -0.2) is 47.3 Å². The average Bonchev–Trinajstić information content (AvgIpc) is 1.94. The van der Waals surface area contributed by atoms with Gasteiger partial charge in [-0.15, -0.1) is 0 Å². The van der Waals surface area contributed by atoms with Gasteiger partial charge in [-0.05, 0) is 25.9 Å². The third-order valence-electron chi connectivity index (χ3n) is 2.36. The van der Waals surface area contributed by atoms with Gasteiger partial charge in [0.25, 0.3) is 0 Å². The van der Waals surface area contributed by atoms with Crippen molar-refractivity contribution in [2.45, 2.75) is 18.9 Å². The lowest BCUT2D eigenvalue weighted by molar-refractivity contribution is -0.139. The highest BCUT2D eigenvalue weighted by molar-refractivity contribution is 5.67. The molecule has 1 rings (SSSR count). The summed E-state index contributed by atoms with van der Waals surface area (Å²) in [6.45, 7) is 1.48. The van der Waals surface area contributed by atoms with Gasteiger partial charge in [0, 0.05) is 6.54 Å². The number of likely N-dealkylation sites (N-methyl/N-ethyl adjacent to an activating group) is 1. The summed E-state index contributed by atoms with van der Waals surface area (Å²) in [4.78, 5) is 12.4. The molecule has 4 heteroatoms. The molecule has 0 amide bonds. The van der Waals surface area contributed by atoms with Crippen LogP contribution < -0.4 is 0 Å². The molecule has 1 fully saturated rings. The Kier molecular flexibility index (Phi) is 3.05. The first-order valence-corrected chi connectivity index (χ1v) is 4.18. The molecule has 0 bridgehead atoms. The van der Waals surface area contributed by atoms with Gasteiger partial charge < -0.3 is 15.1 Å². The number of rotatable bonds is 2.